The highest BCUT2D eigenvalue weighted by Crippen LogP contribution is 2.44. The smallest absolute Gasteiger partial charge is 0.138 e. The van der Waals surface area contributed by atoms with Gasteiger partial charge in [0.15, 0.2) is 0 Å². The number of benzene rings is 2. The van der Waals surface area contributed by atoms with E-state index in [0.29, 0.717) is 5.76 Å². The number of fused-ring (bicyclic) bond motifs is 1. The predicted molar refractivity (Wildman–Crippen MR) is 87.9 cm³/mol. The number of methoxy groups -OCH3 is 1. The summed E-state index contributed by atoms with van der Waals surface area (Å²) in [6.07, 6.45) is 0. The Balaban J connectivity index is 2.34. The Morgan fingerprint density at radius 2 is 1.62 bits per heavy atom. The molecule has 0 saturated carbocycles. The molecule has 0 saturated heterocycles. The van der Waals surface area contributed by atoms with Crippen molar-refractivity contribution in [1.29, 1.82) is 0 Å². The Bertz CT molecular complexity index is 730. The lowest BCUT2D eigenvalue weighted by molar-refractivity contribution is 0.366. The van der Waals surface area contributed by atoms with Gasteiger partial charge in [-0.2, -0.15) is 0 Å². The maximum absolute atomic E-state index is 10.7. The van der Waals surface area contributed by atoms with Crippen molar-refractivity contribution in [1.82, 2.24) is 0 Å². The van der Waals surface area contributed by atoms with Crippen molar-refractivity contribution >= 4 is 23.1 Å². The van der Waals surface area contributed by atoms with Crippen LogP contribution in [0, 0.1) is 0 Å². The molecule has 0 spiro atoms. The van der Waals surface area contributed by atoms with Gasteiger partial charge in [-0.05, 0) is 18.6 Å². The fraction of sp³-hybridized carbons (Fsp3) is 0.111. The van der Waals surface area contributed by atoms with Gasteiger partial charge in [-0.1, -0.05) is 60.3 Å². The van der Waals surface area contributed by atoms with Crippen LogP contribution in [0.1, 0.15) is 18.1 Å². The summed E-state index contributed by atoms with van der Waals surface area (Å²) in [4.78, 5) is 1.96. The van der Waals surface area contributed by atoms with Crippen LogP contribution >= 0.6 is 11.8 Å². The number of ether oxygens (including phenoxy) is 1. The number of aliphatic hydroxyl groups is 1. The average molecular weight is 296 g/mol. The van der Waals surface area contributed by atoms with Gasteiger partial charge >= 0.3 is 0 Å². The molecule has 1 heterocycles. The second-order valence-corrected chi connectivity index (χ2v) is 6.03. The van der Waals surface area contributed by atoms with Gasteiger partial charge < -0.3 is 9.84 Å². The number of hydrogen-bond donors (Lipinski definition) is 1. The van der Waals surface area contributed by atoms with Crippen LogP contribution in [0.4, 0.5) is 0 Å². The van der Waals surface area contributed by atoms with Crippen molar-refractivity contribution < 1.29 is 9.84 Å². The van der Waals surface area contributed by atoms with Gasteiger partial charge in [0, 0.05) is 15.4 Å². The topological polar surface area (TPSA) is 29.5 Å². The molecule has 0 aliphatic carbocycles. The van der Waals surface area contributed by atoms with Gasteiger partial charge in [0.2, 0.25) is 0 Å². The van der Waals surface area contributed by atoms with Crippen molar-refractivity contribution in [2.45, 2.75) is 11.8 Å². The van der Waals surface area contributed by atoms with Crippen LogP contribution in [0.3, 0.4) is 0 Å². The molecule has 106 valence electrons. The summed E-state index contributed by atoms with van der Waals surface area (Å²) in [5.41, 5.74) is 2.70. The molecule has 2 aromatic rings. The van der Waals surface area contributed by atoms with Crippen molar-refractivity contribution in [2.75, 3.05) is 7.11 Å². The van der Waals surface area contributed by atoms with Crippen LogP contribution < -0.4 is 0 Å². The minimum Gasteiger partial charge on any atom is -0.506 e. The number of aliphatic hydroxyl groups excluding tert-OH is 1. The Hall–Kier alpha value is -2.13. The first-order valence-electron chi connectivity index (χ1n) is 6.73. The van der Waals surface area contributed by atoms with E-state index in [1.807, 2.05) is 61.5 Å². The van der Waals surface area contributed by atoms with E-state index in [1.165, 1.54) is 0 Å². The van der Waals surface area contributed by atoms with E-state index in [0.717, 1.165) is 26.5 Å². The van der Waals surface area contributed by atoms with Gasteiger partial charge in [-0.25, -0.2) is 0 Å². The first-order chi connectivity index (χ1) is 10.2. The minimum absolute atomic E-state index is 0.277. The molecule has 0 bridgehead atoms. The van der Waals surface area contributed by atoms with E-state index >= 15 is 0 Å². The van der Waals surface area contributed by atoms with Gasteiger partial charge in [0.05, 0.1) is 12.7 Å². The van der Waals surface area contributed by atoms with Crippen LogP contribution in [-0.4, -0.2) is 12.2 Å². The molecule has 0 amide bonds. The highest BCUT2D eigenvalue weighted by molar-refractivity contribution is 8.03. The molecule has 0 atom stereocenters. The summed E-state index contributed by atoms with van der Waals surface area (Å²) in [7, 11) is 1.65. The second kappa shape index (κ2) is 5.70. The molecule has 3 heteroatoms. The van der Waals surface area contributed by atoms with Gasteiger partial charge in [0.25, 0.3) is 0 Å². The molecule has 0 unspecified atom stereocenters. The maximum Gasteiger partial charge on any atom is 0.138 e. The van der Waals surface area contributed by atoms with Crippen LogP contribution in [-0.2, 0) is 4.74 Å². The molecule has 2 nitrogen and oxygen atoms in total. The molecule has 21 heavy (non-hydrogen) atoms. The summed E-state index contributed by atoms with van der Waals surface area (Å²) in [5.74, 6) is 0.984. The Kier molecular flexibility index (Phi) is 3.76. The second-order valence-electron chi connectivity index (χ2n) is 4.78. The number of allylic oxidation sites excluding steroid dienone is 2. The third-order valence-corrected chi connectivity index (χ3v) is 4.53. The Labute approximate surface area is 128 Å². The molecule has 1 N–H and O–H groups in total. The van der Waals surface area contributed by atoms with Gasteiger partial charge in [-0.3, -0.25) is 0 Å². The summed E-state index contributed by atoms with van der Waals surface area (Å²) in [6, 6.07) is 17.9. The average Bonchev–Trinajstić information content (AvgIpc) is 2.63. The third-order valence-electron chi connectivity index (χ3n) is 3.46. The molecule has 2 aromatic carbocycles. The summed E-state index contributed by atoms with van der Waals surface area (Å²) < 4.78 is 5.66. The van der Waals surface area contributed by atoms with E-state index in [1.54, 1.807) is 18.9 Å². The van der Waals surface area contributed by atoms with Crippen molar-refractivity contribution in [3.8, 4) is 0 Å². The minimum atomic E-state index is 0.277. The molecule has 3 rings (SSSR count). The van der Waals surface area contributed by atoms with E-state index in [-0.39, 0.29) is 5.76 Å². The lowest BCUT2D eigenvalue weighted by Gasteiger charge is -2.14. The fourth-order valence-corrected chi connectivity index (χ4v) is 3.41. The summed E-state index contributed by atoms with van der Waals surface area (Å²) in [6.45, 7) is 1.93. The number of thioether (sulfide) groups is 1. The highest BCUT2D eigenvalue weighted by atomic mass is 32.2. The van der Waals surface area contributed by atoms with Crippen molar-refractivity contribution in [3.63, 3.8) is 0 Å². The predicted octanol–water partition coefficient (Wildman–Crippen LogP) is 5.10. The maximum atomic E-state index is 10.7. The zero-order chi connectivity index (χ0) is 14.8. The molecular formula is C18H16O2S. The number of rotatable bonds is 2. The summed E-state index contributed by atoms with van der Waals surface area (Å²) in [5, 5.41) is 10.7. The molecule has 0 aromatic heterocycles. The highest BCUT2D eigenvalue weighted by Gasteiger charge is 2.24. The van der Waals surface area contributed by atoms with E-state index in [2.05, 4.69) is 0 Å². The third kappa shape index (κ3) is 2.45. The van der Waals surface area contributed by atoms with E-state index in [9.17, 15) is 5.11 Å². The van der Waals surface area contributed by atoms with Crippen LogP contribution in [0.2, 0.25) is 0 Å². The molecule has 1 aliphatic rings. The van der Waals surface area contributed by atoms with Crippen molar-refractivity contribution in [3.05, 3.63) is 76.4 Å². The Morgan fingerprint density at radius 1 is 0.952 bits per heavy atom. The van der Waals surface area contributed by atoms with Gasteiger partial charge in [0.1, 0.15) is 11.5 Å². The monoisotopic (exact) mass is 296 g/mol. The van der Waals surface area contributed by atoms with Gasteiger partial charge in [-0.15, -0.1) is 0 Å². The first kappa shape index (κ1) is 13.8. The molecule has 0 radical (unpaired) electrons. The molecular weight excluding hydrogens is 280 g/mol. The lowest BCUT2D eigenvalue weighted by atomic mass is 9.99. The normalized spacial score (nSPS) is 14.8. The van der Waals surface area contributed by atoms with Crippen molar-refractivity contribution in [2.24, 2.45) is 0 Å². The SMILES string of the molecule is COC1=C(c2ccccc2)C(O)=C(C)Sc2ccccc21. The fourth-order valence-electron chi connectivity index (χ4n) is 2.46. The zero-order valence-corrected chi connectivity index (χ0v) is 12.8. The standard InChI is InChI=1S/C18H16O2S/c1-12-17(19)16(13-8-4-3-5-9-13)18(20-2)14-10-6-7-11-15(14)21-12/h3-11,19H,1-2H3. The van der Waals surface area contributed by atoms with Crippen LogP contribution in [0.5, 0.6) is 0 Å². The quantitative estimate of drug-likeness (QED) is 0.836. The largest absolute Gasteiger partial charge is 0.506 e. The van der Waals surface area contributed by atoms with Crippen LogP contribution in [0.15, 0.2) is 70.2 Å². The lowest BCUT2D eigenvalue weighted by Crippen LogP contribution is -1.97. The van der Waals surface area contributed by atoms with E-state index < -0.39 is 0 Å². The van der Waals surface area contributed by atoms with Crippen LogP contribution in [0.25, 0.3) is 11.3 Å². The zero-order valence-electron chi connectivity index (χ0n) is 12.0. The molecule has 1 aliphatic heterocycles. The molecule has 0 fully saturated rings. The first-order valence-corrected chi connectivity index (χ1v) is 7.55. The Morgan fingerprint density at radius 3 is 2.33 bits per heavy atom. The summed E-state index contributed by atoms with van der Waals surface area (Å²) >= 11 is 1.57. The van der Waals surface area contributed by atoms with E-state index in [4.69, 9.17) is 4.74 Å². The number of hydrogen-bond acceptors (Lipinski definition) is 3.